The summed E-state index contributed by atoms with van der Waals surface area (Å²) in [4.78, 5) is 17.0. The first-order valence-corrected chi connectivity index (χ1v) is 8.21. The average Bonchev–Trinajstić information content (AvgIpc) is 3.34. The lowest BCUT2D eigenvalue weighted by atomic mass is 10.1. The summed E-state index contributed by atoms with van der Waals surface area (Å²) in [6.07, 6.45) is 6.16. The van der Waals surface area contributed by atoms with Crippen molar-refractivity contribution < 1.29 is 4.79 Å². The van der Waals surface area contributed by atoms with Gasteiger partial charge in [-0.2, -0.15) is 0 Å². The molecule has 4 nitrogen and oxygen atoms in total. The Hall–Kier alpha value is -1.58. The van der Waals surface area contributed by atoms with Crippen LogP contribution in [0, 0.1) is 18.8 Å². The Kier molecular flexibility index (Phi) is 4.13. The zero-order chi connectivity index (χ0) is 14.8. The van der Waals surface area contributed by atoms with Crippen LogP contribution >= 0.6 is 0 Å². The third kappa shape index (κ3) is 3.74. The molecule has 1 heterocycles. The molecule has 21 heavy (non-hydrogen) atoms. The molecule has 4 heteroatoms. The highest BCUT2D eigenvalue weighted by Crippen LogP contribution is 2.44. The van der Waals surface area contributed by atoms with Crippen molar-refractivity contribution in [2.24, 2.45) is 11.8 Å². The van der Waals surface area contributed by atoms with E-state index in [4.69, 9.17) is 0 Å². The number of hydrogen-bond acceptors (Lipinski definition) is 3. The Morgan fingerprint density at radius 1 is 1.29 bits per heavy atom. The van der Waals surface area contributed by atoms with Gasteiger partial charge in [-0.25, -0.2) is 4.98 Å². The third-order valence-electron chi connectivity index (χ3n) is 4.33. The molecule has 0 unspecified atom stereocenters. The van der Waals surface area contributed by atoms with E-state index in [9.17, 15) is 4.79 Å². The monoisotopic (exact) mass is 287 g/mol. The first-order valence-electron chi connectivity index (χ1n) is 8.21. The SMILES string of the molecule is CCCNc1cc(C(=O)NC(C2CC2)C2CC2)cc(C)n1. The van der Waals surface area contributed by atoms with E-state index in [1.54, 1.807) is 0 Å². The van der Waals surface area contributed by atoms with E-state index >= 15 is 0 Å². The van der Waals surface area contributed by atoms with Crippen LogP contribution in [-0.2, 0) is 0 Å². The predicted molar refractivity (Wildman–Crippen MR) is 84.5 cm³/mol. The smallest absolute Gasteiger partial charge is 0.251 e. The van der Waals surface area contributed by atoms with Crippen molar-refractivity contribution in [3.8, 4) is 0 Å². The number of carbonyl (C=O) groups is 1. The quantitative estimate of drug-likeness (QED) is 0.810. The fraction of sp³-hybridized carbons (Fsp3) is 0.647. The van der Waals surface area contributed by atoms with E-state index < -0.39 is 0 Å². The summed E-state index contributed by atoms with van der Waals surface area (Å²) in [7, 11) is 0. The van der Waals surface area contributed by atoms with E-state index in [0.717, 1.165) is 41.9 Å². The fourth-order valence-corrected chi connectivity index (χ4v) is 2.91. The number of hydrogen-bond donors (Lipinski definition) is 2. The number of aryl methyl sites for hydroxylation is 1. The zero-order valence-corrected chi connectivity index (χ0v) is 13.0. The van der Waals surface area contributed by atoms with E-state index in [1.807, 2.05) is 19.1 Å². The molecule has 0 bridgehead atoms. The van der Waals surface area contributed by atoms with E-state index in [1.165, 1.54) is 25.7 Å². The fourth-order valence-electron chi connectivity index (χ4n) is 2.91. The molecular formula is C17H25N3O. The maximum Gasteiger partial charge on any atom is 0.251 e. The molecule has 1 aromatic heterocycles. The molecule has 114 valence electrons. The Labute approximate surface area is 126 Å². The molecule has 2 N–H and O–H groups in total. The van der Waals surface area contributed by atoms with Gasteiger partial charge in [-0.3, -0.25) is 4.79 Å². The molecule has 1 amide bonds. The van der Waals surface area contributed by atoms with Gasteiger partial charge in [0.25, 0.3) is 5.91 Å². The van der Waals surface area contributed by atoms with E-state index in [2.05, 4.69) is 22.5 Å². The molecule has 2 saturated carbocycles. The lowest BCUT2D eigenvalue weighted by Crippen LogP contribution is -2.38. The summed E-state index contributed by atoms with van der Waals surface area (Å²) in [5.41, 5.74) is 1.61. The normalized spacial score (nSPS) is 17.9. The molecule has 0 radical (unpaired) electrons. The molecule has 0 aliphatic heterocycles. The predicted octanol–water partition coefficient (Wildman–Crippen LogP) is 3.13. The first kappa shape index (κ1) is 14.4. The van der Waals surface area contributed by atoms with Crippen LogP contribution in [0.1, 0.15) is 55.1 Å². The van der Waals surface area contributed by atoms with Crippen LogP contribution in [0.2, 0.25) is 0 Å². The highest BCUT2D eigenvalue weighted by atomic mass is 16.1. The zero-order valence-electron chi connectivity index (χ0n) is 13.0. The highest BCUT2D eigenvalue weighted by molar-refractivity contribution is 5.95. The van der Waals surface area contributed by atoms with Crippen LogP contribution in [0.4, 0.5) is 5.82 Å². The van der Waals surface area contributed by atoms with Crippen LogP contribution in [0.3, 0.4) is 0 Å². The Morgan fingerprint density at radius 3 is 2.52 bits per heavy atom. The molecule has 0 saturated heterocycles. The minimum absolute atomic E-state index is 0.0591. The average molecular weight is 287 g/mol. The third-order valence-corrected chi connectivity index (χ3v) is 4.33. The molecular weight excluding hydrogens is 262 g/mol. The van der Waals surface area contributed by atoms with Crippen LogP contribution in [-0.4, -0.2) is 23.5 Å². The van der Waals surface area contributed by atoms with Gasteiger partial charge in [0.1, 0.15) is 5.82 Å². The van der Waals surface area contributed by atoms with Gasteiger partial charge in [-0.15, -0.1) is 0 Å². The van der Waals surface area contributed by atoms with Gasteiger partial charge >= 0.3 is 0 Å². The molecule has 0 aromatic carbocycles. The first-order chi connectivity index (χ1) is 10.2. The van der Waals surface area contributed by atoms with Gasteiger partial charge in [-0.05, 0) is 63.0 Å². The van der Waals surface area contributed by atoms with Crippen LogP contribution in [0.15, 0.2) is 12.1 Å². The summed E-state index contributed by atoms with van der Waals surface area (Å²) in [6.45, 7) is 4.93. The van der Waals surface area contributed by atoms with Crippen molar-refractivity contribution in [2.45, 2.75) is 52.0 Å². The van der Waals surface area contributed by atoms with Gasteiger partial charge in [0, 0.05) is 23.8 Å². The number of nitrogens with zero attached hydrogens (tertiary/aromatic N) is 1. The van der Waals surface area contributed by atoms with E-state index in [0.29, 0.717) is 6.04 Å². The molecule has 3 rings (SSSR count). The summed E-state index contributed by atoms with van der Waals surface area (Å²) >= 11 is 0. The van der Waals surface area contributed by atoms with Gasteiger partial charge < -0.3 is 10.6 Å². The summed E-state index contributed by atoms with van der Waals surface area (Å²) in [5, 5.41) is 6.54. The number of anilines is 1. The van der Waals surface area contributed by atoms with E-state index in [-0.39, 0.29) is 5.91 Å². The molecule has 2 aliphatic carbocycles. The van der Waals surface area contributed by atoms with Crippen molar-refractivity contribution in [2.75, 3.05) is 11.9 Å². The summed E-state index contributed by atoms with van der Waals surface area (Å²) in [5.74, 6) is 2.31. The Morgan fingerprint density at radius 2 is 1.95 bits per heavy atom. The van der Waals surface area contributed by atoms with Crippen molar-refractivity contribution in [1.29, 1.82) is 0 Å². The van der Waals surface area contributed by atoms with Crippen LogP contribution < -0.4 is 10.6 Å². The highest BCUT2D eigenvalue weighted by Gasteiger charge is 2.42. The maximum atomic E-state index is 12.5. The lowest BCUT2D eigenvalue weighted by molar-refractivity contribution is 0.0926. The molecule has 2 fully saturated rings. The number of nitrogens with one attached hydrogen (secondary N) is 2. The van der Waals surface area contributed by atoms with Gasteiger partial charge in [-0.1, -0.05) is 6.92 Å². The van der Waals surface area contributed by atoms with Crippen LogP contribution in [0.25, 0.3) is 0 Å². The van der Waals surface area contributed by atoms with Crippen molar-refractivity contribution in [3.63, 3.8) is 0 Å². The Balaban J connectivity index is 1.69. The molecule has 0 atom stereocenters. The van der Waals surface area contributed by atoms with Gasteiger partial charge in [0.05, 0.1) is 0 Å². The minimum atomic E-state index is 0.0591. The topological polar surface area (TPSA) is 54.0 Å². The van der Waals surface area contributed by atoms with Gasteiger partial charge in [0.15, 0.2) is 0 Å². The number of carbonyl (C=O) groups excluding carboxylic acids is 1. The maximum absolute atomic E-state index is 12.5. The lowest BCUT2D eigenvalue weighted by Gasteiger charge is -2.18. The number of rotatable bonds is 7. The summed E-state index contributed by atoms with van der Waals surface area (Å²) in [6, 6.07) is 4.15. The van der Waals surface area contributed by atoms with Crippen molar-refractivity contribution >= 4 is 11.7 Å². The van der Waals surface area contributed by atoms with Crippen LogP contribution in [0.5, 0.6) is 0 Å². The van der Waals surface area contributed by atoms with Crippen molar-refractivity contribution in [3.05, 3.63) is 23.4 Å². The number of pyridine rings is 1. The second-order valence-corrected chi connectivity index (χ2v) is 6.48. The second kappa shape index (κ2) is 6.04. The Bertz CT molecular complexity index is 509. The summed E-state index contributed by atoms with van der Waals surface area (Å²) < 4.78 is 0. The molecule has 1 aromatic rings. The van der Waals surface area contributed by atoms with Gasteiger partial charge in [0.2, 0.25) is 0 Å². The second-order valence-electron chi connectivity index (χ2n) is 6.48. The standard InChI is InChI=1S/C17H25N3O/c1-3-8-18-15-10-14(9-11(2)19-15)17(21)20-16(12-4-5-12)13-6-7-13/h9-10,12-13,16H,3-8H2,1-2H3,(H,18,19)(H,20,21). The number of aromatic nitrogens is 1. The molecule has 0 spiro atoms. The van der Waals surface area contributed by atoms with Crippen molar-refractivity contribution in [1.82, 2.24) is 10.3 Å². The molecule has 2 aliphatic rings. The number of amides is 1. The largest absolute Gasteiger partial charge is 0.370 e. The minimum Gasteiger partial charge on any atom is -0.370 e.